The predicted molar refractivity (Wildman–Crippen MR) is 154 cm³/mol. The SMILES string of the molecule is O=C(CN1C(=O)/C(=C/c2ccc(-c3ccccc3)o2)SC1=S)Nc1ncc(Cc2cc(Cl)cc(Cl)c2)s1. The number of nitrogens with zero attached hydrogens (tertiary/aromatic N) is 2. The van der Waals surface area contributed by atoms with Crippen LogP contribution in [0.5, 0.6) is 0 Å². The molecule has 0 radical (unpaired) electrons. The van der Waals surface area contributed by atoms with Crippen molar-refractivity contribution >= 4 is 85.9 Å². The monoisotopic (exact) mass is 585 g/mol. The summed E-state index contributed by atoms with van der Waals surface area (Å²) >= 11 is 20.0. The minimum Gasteiger partial charge on any atom is -0.457 e. The molecule has 11 heteroatoms. The molecule has 2 aromatic heterocycles. The van der Waals surface area contributed by atoms with E-state index in [0.29, 0.717) is 42.3 Å². The number of halogens is 2. The summed E-state index contributed by atoms with van der Waals surface area (Å²) in [6.07, 6.45) is 3.90. The number of aromatic nitrogens is 1. The Labute approximate surface area is 236 Å². The number of anilines is 1. The third-order valence-corrected chi connectivity index (χ3v) is 7.96. The molecule has 1 saturated heterocycles. The first-order valence-corrected chi connectivity index (χ1v) is 13.7. The zero-order chi connectivity index (χ0) is 25.9. The van der Waals surface area contributed by atoms with Gasteiger partial charge < -0.3 is 9.73 Å². The predicted octanol–water partition coefficient (Wildman–Crippen LogP) is 7.14. The maximum atomic E-state index is 12.9. The van der Waals surface area contributed by atoms with E-state index in [1.807, 2.05) is 48.5 Å². The van der Waals surface area contributed by atoms with Crippen LogP contribution in [0, 0.1) is 0 Å². The lowest BCUT2D eigenvalue weighted by molar-refractivity contribution is -0.126. The van der Waals surface area contributed by atoms with Crippen LogP contribution in [0.1, 0.15) is 16.2 Å². The molecule has 0 aliphatic carbocycles. The maximum absolute atomic E-state index is 12.9. The zero-order valence-electron chi connectivity index (χ0n) is 18.9. The van der Waals surface area contributed by atoms with Gasteiger partial charge in [0.15, 0.2) is 5.13 Å². The Balaban J connectivity index is 1.20. The molecular weight excluding hydrogens is 569 g/mol. The Morgan fingerprint density at radius 3 is 2.62 bits per heavy atom. The molecule has 1 N–H and O–H groups in total. The molecule has 6 nitrogen and oxygen atoms in total. The molecule has 4 aromatic rings. The number of furan rings is 1. The second kappa shape index (κ2) is 11.2. The summed E-state index contributed by atoms with van der Waals surface area (Å²) < 4.78 is 6.17. The van der Waals surface area contributed by atoms with Crippen molar-refractivity contribution < 1.29 is 14.0 Å². The molecule has 0 unspecified atom stereocenters. The van der Waals surface area contributed by atoms with Gasteiger partial charge in [-0.25, -0.2) is 4.98 Å². The third kappa shape index (κ3) is 6.31. The smallest absolute Gasteiger partial charge is 0.266 e. The second-order valence-electron chi connectivity index (χ2n) is 7.97. The summed E-state index contributed by atoms with van der Waals surface area (Å²) in [6.45, 7) is -0.214. The van der Waals surface area contributed by atoms with Crippen LogP contribution in [0.15, 0.2) is 76.2 Å². The van der Waals surface area contributed by atoms with Crippen molar-refractivity contribution in [3.05, 3.63) is 98.0 Å². The van der Waals surface area contributed by atoms with Crippen LogP contribution in [0.25, 0.3) is 17.4 Å². The van der Waals surface area contributed by atoms with E-state index in [1.54, 1.807) is 24.4 Å². The molecule has 1 fully saturated rings. The first-order chi connectivity index (χ1) is 17.8. The van der Waals surface area contributed by atoms with Gasteiger partial charge in [0.05, 0.1) is 4.91 Å². The summed E-state index contributed by atoms with van der Waals surface area (Å²) in [7, 11) is 0. The van der Waals surface area contributed by atoms with Crippen molar-refractivity contribution in [1.82, 2.24) is 9.88 Å². The molecule has 1 aliphatic rings. The first-order valence-electron chi connectivity index (χ1n) is 10.9. The van der Waals surface area contributed by atoms with Crippen molar-refractivity contribution in [3.8, 4) is 11.3 Å². The van der Waals surface area contributed by atoms with Crippen molar-refractivity contribution in [2.45, 2.75) is 6.42 Å². The van der Waals surface area contributed by atoms with Crippen LogP contribution >= 0.6 is 58.5 Å². The summed E-state index contributed by atoms with van der Waals surface area (Å²) in [5.74, 6) is 0.483. The fourth-order valence-corrected chi connectivity index (χ4v) is 6.29. The van der Waals surface area contributed by atoms with Crippen molar-refractivity contribution in [2.24, 2.45) is 0 Å². The number of carbonyl (C=O) groups is 2. The summed E-state index contributed by atoms with van der Waals surface area (Å²) in [4.78, 5) is 32.5. The van der Waals surface area contributed by atoms with Crippen LogP contribution < -0.4 is 5.32 Å². The number of benzene rings is 2. The first kappa shape index (κ1) is 25.7. The van der Waals surface area contributed by atoms with E-state index < -0.39 is 5.91 Å². The summed E-state index contributed by atoms with van der Waals surface area (Å²) in [6, 6.07) is 18.6. The Bertz CT molecular complexity index is 1510. The Morgan fingerprint density at radius 2 is 1.86 bits per heavy atom. The van der Waals surface area contributed by atoms with Gasteiger partial charge in [0, 0.05) is 39.2 Å². The Hall–Kier alpha value is -2.95. The minimum absolute atomic E-state index is 0.214. The van der Waals surface area contributed by atoms with Gasteiger partial charge in [0.2, 0.25) is 5.91 Å². The number of rotatable bonds is 7. The number of thiocarbonyl (C=S) groups is 1. The highest BCUT2D eigenvalue weighted by molar-refractivity contribution is 8.26. The largest absolute Gasteiger partial charge is 0.457 e. The van der Waals surface area contributed by atoms with E-state index in [1.165, 1.54) is 16.2 Å². The lowest BCUT2D eigenvalue weighted by Gasteiger charge is -2.13. The highest BCUT2D eigenvalue weighted by atomic mass is 35.5. The molecule has 3 heterocycles. The van der Waals surface area contributed by atoms with Gasteiger partial charge in [0.1, 0.15) is 22.4 Å². The molecule has 0 atom stereocenters. The van der Waals surface area contributed by atoms with E-state index in [2.05, 4.69) is 10.3 Å². The van der Waals surface area contributed by atoms with Crippen LogP contribution in [-0.2, 0) is 16.0 Å². The van der Waals surface area contributed by atoms with Gasteiger partial charge in [0.25, 0.3) is 5.91 Å². The van der Waals surface area contributed by atoms with Gasteiger partial charge in [-0.1, -0.05) is 77.5 Å². The molecule has 1 aliphatic heterocycles. The molecule has 37 heavy (non-hydrogen) atoms. The molecule has 0 saturated carbocycles. The number of thioether (sulfide) groups is 1. The van der Waals surface area contributed by atoms with Gasteiger partial charge >= 0.3 is 0 Å². The molecule has 186 valence electrons. The fourth-order valence-electron chi connectivity index (χ4n) is 3.62. The summed E-state index contributed by atoms with van der Waals surface area (Å²) in [5.41, 5.74) is 1.88. The van der Waals surface area contributed by atoms with E-state index in [4.69, 9.17) is 39.8 Å². The van der Waals surface area contributed by atoms with Crippen LogP contribution in [-0.4, -0.2) is 32.6 Å². The van der Waals surface area contributed by atoms with E-state index in [9.17, 15) is 9.59 Å². The molecular formula is C26H17Cl2N3O3S3. The highest BCUT2D eigenvalue weighted by Crippen LogP contribution is 2.34. The molecule has 2 aromatic carbocycles. The van der Waals surface area contributed by atoms with Crippen LogP contribution in [0.4, 0.5) is 5.13 Å². The van der Waals surface area contributed by atoms with Gasteiger partial charge in [-0.05, 0) is 35.9 Å². The quantitative estimate of drug-likeness (QED) is 0.183. The number of hydrogen-bond acceptors (Lipinski definition) is 7. The normalized spacial score (nSPS) is 14.5. The van der Waals surface area contributed by atoms with Crippen molar-refractivity contribution in [3.63, 3.8) is 0 Å². The van der Waals surface area contributed by atoms with Crippen molar-refractivity contribution in [2.75, 3.05) is 11.9 Å². The van der Waals surface area contributed by atoms with E-state index in [-0.39, 0.29) is 12.5 Å². The van der Waals surface area contributed by atoms with Crippen LogP contribution in [0.2, 0.25) is 10.0 Å². The Morgan fingerprint density at radius 1 is 1.11 bits per heavy atom. The average molecular weight is 587 g/mol. The molecule has 0 bridgehead atoms. The van der Waals surface area contributed by atoms with E-state index >= 15 is 0 Å². The standard InChI is InChI=1S/C26H17Cl2N3O3S3/c27-17-8-15(9-18(28)11-17)10-20-13-29-25(36-20)30-23(32)14-31-24(33)22(37-26(31)35)12-19-6-7-21(34-19)16-4-2-1-3-5-16/h1-9,11-13H,10,14H2,(H,29,30,32)/b22-12-. The third-order valence-electron chi connectivity index (χ3n) is 5.23. The van der Waals surface area contributed by atoms with Gasteiger partial charge in [-0.15, -0.1) is 11.3 Å². The number of thiazole rings is 1. The van der Waals surface area contributed by atoms with Gasteiger partial charge in [-0.3, -0.25) is 14.5 Å². The molecule has 2 amide bonds. The van der Waals surface area contributed by atoms with Gasteiger partial charge in [-0.2, -0.15) is 0 Å². The molecule has 0 spiro atoms. The fraction of sp³-hybridized carbons (Fsp3) is 0.0769. The minimum atomic E-state index is -0.395. The average Bonchev–Trinajstić information content (AvgIpc) is 3.56. The summed E-state index contributed by atoms with van der Waals surface area (Å²) in [5, 5.41) is 4.28. The lowest BCUT2D eigenvalue weighted by atomic mass is 10.1. The maximum Gasteiger partial charge on any atom is 0.266 e. The number of nitrogens with one attached hydrogen (secondary N) is 1. The Kier molecular flexibility index (Phi) is 7.78. The lowest BCUT2D eigenvalue weighted by Crippen LogP contribution is -2.36. The van der Waals surface area contributed by atoms with Crippen molar-refractivity contribution in [1.29, 1.82) is 0 Å². The number of amides is 2. The number of hydrogen-bond donors (Lipinski definition) is 1. The zero-order valence-corrected chi connectivity index (χ0v) is 22.9. The van der Waals surface area contributed by atoms with E-state index in [0.717, 1.165) is 27.8 Å². The second-order valence-corrected chi connectivity index (χ2v) is 11.6. The highest BCUT2D eigenvalue weighted by Gasteiger charge is 2.33. The molecule has 5 rings (SSSR count). The van der Waals surface area contributed by atoms with Crippen LogP contribution in [0.3, 0.4) is 0 Å². The number of carbonyl (C=O) groups excluding carboxylic acids is 2. The topological polar surface area (TPSA) is 75.4 Å².